The monoisotopic (exact) mass is 454 g/mol. The molecule has 0 spiro atoms. The summed E-state index contributed by atoms with van der Waals surface area (Å²) in [5.41, 5.74) is 1.99. The minimum atomic E-state index is -0.824. The molecule has 1 fully saturated rings. The Bertz CT molecular complexity index is 751. The van der Waals surface area contributed by atoms with Crippen LogP contribution in [0.5, 0.6) is 5.75 Å². The SMILES string of the molecule is COc1ccc(CC(O)C=C[C@H]2C(O)CC(=O)C2SCCCSCC(=O)O)cc1C. The number of methoxy groups -OCH3 is 1. The molecule has 1 aromatic rings. The topological polar surface area (TPSA) is 104 Å². The van der Waals surface area contributed by atoms with Crippen LogP contribution in [0, 0.1) is 12.8 Å². The lowest BCUT2D eigenvalue weighted by molar-refractivity contribution is -0.133. The van der Waals surface area contributed by atoms with E-state index in [1.54, 1.807) is 19.3 Å². The first kappa shape index (κ1) is 24.8. The summed E-state index contributed by atoms with van der Waals surface area (Å²) < 4.78 is 5.25. The molecule has 1 saturated carbocycles. The number of rotatable bonds is 12. The molecule has 0 heterocycles. The van der Waals surface area contributed by atoms with Crippen LogP contribution in [-0.4, -0.2) is 68.9 Å². The molecule has 3 unspecified atom stereocenters. The molecule has 0 bridgehead atoms. The van der Waals surface area contributed by atoms with Crippen molar-refractivity contribution in [3.63, 3.8) is 0 Å². The quantitative estimate of drug-likeness (QED) is 0.327. The van der Waals surface area contributed by atoms with Crippen LogP contribution in [0.15, 0.2) is 30.4 Å². The lowest BCUT2D eigenvalue weighted by Crippen LogP contribution is -2.22. The maximum absolute atomic E-state index is 12.3. The third kappa shape index (κ3) is 7.65. The predicted molar refractivity (Wildman–Crippen MR) is 122 cm³/mol. The lowest BCUT2D eigenvalue weighted by atomic mass is 10.0. The normalized spacial score (nSPS) is 22.5. The Hall–Kier alpha value is -1.48. The number of Topliss-reactive ketones (excluding diaryl/α,β-unsaturated/α-hetero) is 1. The van der Waals surface area contributed by atoms with Gasteiger partial charge in [-0.25, -0.2) is 0 Å². The number of carboxylic acid groups (broad SMARTS) is 1. The number of aliphatic hydroxyl groups excluding tert-OH is 2. The van der Waals surface area contributed by atoms with Gasteiger partial charge in [-0.15, -0.1) is 11.8 Å². The van der Waals surface area contributed by atoms with E-state index >= 15 is 0 Å². The Morgan fingerprint density at radius 3 is 2.80 bits per heavy atom. The molecule has 8 heteroatoms. The van der Waals surface area contributed by atoms with Crippen molar-refractivity contribution in [2.45, 2.75) is 43.6 Å². The van der Waals surface area contributed by atoms with Gasteiger partial charge in [-0.05, 0) is 42.0 Å². The van der Waals surface area contributed by atoms with Crippen LogP contribution in [0.2, 0.25) is 0 Å². The molecule has 30 heavy (non-hydrogen) atoms. The summed E-state index contributed by atoms with van der Waals surface area (Å²) in [4.78, 5) is 22.8. The van der Waals surface area contributed by atoms with Crippen molar-refractivity contribution < 1.29 is 29.6 Å². The largest absolute Gasteiger partial charge is 0.496 e. The van der Waals surface area contributed by atoms with Gasteiger partial charge in [0.2, 0.25) is 0 Å². The number of aryl methyl sites for hydroxylation is 1. The minimum absolute atomic E-state index is 0.0283. The van der Waals surface area contributed by atoms with Gasteiger partial charge in [0.15, 0.2) is 0 Å². The highest BCUT2D eigenvalue weighted by molar-refractivity contribution is 8.01. The number of thioether (sulfide) groups is 2. The average Bonchev–Trinajstić information content (AvgIpc) is 2.95. The number of benzene rings is 1. The number of ether oxygens (including phenoxy) is 1. The zero-order valence-electron chi connectivity index (χ0n) is 17.3. The van der Waals surface area contributed by atoms with Gasteiger partial charge in [0, 0.05) is 18.8 Å². The highest BCUT2D eigenvalue weighted by atomic mass is 32.2. The molecular weight excluding hydrogens is 424 g/mol. The summed E-state index contributed by atoms with van der Waals surface area (Å²) in [6.07, 6.45) is 3.38. The number of hydrogen-bond acceptors (Lipinski definition) is 7. The molecule has 0 aliphatic heterocycles. The van der Waals surface area contributed by atoms with Gasteiger partial charge in [-0.3, -0.25) is 9.59 Å². The fourth-order valence-electron chi connectivity index (χ4n) is 3.47. The molecule has 0 radical (unpaired) electrons. The molecule has 1 aliphatic rings. The van der Waals surface area contributed by atoms with E-state index < -0.39 is 18.2 Å². The van der Waals surface area contributed by atoms with Gasteiger partial charge >= 0.3 is 5.97 Å². The van der Waals surface area contributed by atoms with Crippen molar-refractivity contribution in [3.05, 3.63) is 41.5 Å². The van der Waals surface area contributed by atoms with Crippen molar-refractivity contribution in [3.8, 4) is 5.75 Å². The smallest absolute Gasteiger partial charge is 0.313 e. The van der Waals surface area contributed by atoms with E-state index in [1.165, 1.54) is 23.5 Å². The van der Waals surface area contributed by atoms with Gasteiger partial charge < -0.3 is 20.1 Å². The second-order valence-electron chi connectivity index (χ2n) is 7.37. The van der Waals surface area contributed by atoms with Crippen LogP contribution in [0.3, 0.4) is 0 Å². The predicted octanol–water partition coefficient (Wildman–Crippen LogP) is 2.72. The highest BCUT2D eigenvalue weighted by Gasteiger charge is 2.40. The number of ketones is 1. The van der Waals surface area contributed by atoms with Crippen molar-refractivity contribution in [2.75, 3.05) is 24.4 Å². The number of aliphatic carboxylic acids is 1. The van der Waals surface area contributed by atoms with Gasteiger partial charge in [-0.1, -0.05) is 24.3 Å². The molecule has 4 atom stereocenters. The van der Waals surface area contributed by atoms with Crippen molar-refractivity contribution in [1.82, 2.24) is 0 Å². The van der Waals surface area contributed by atoms with Gasteiger partial charge in [0.1, 0.15) is 11.5 Å². The highest BCUT2D eigenvalue weighted by Crippen LogP contribution is 2.34. The summed E-state index contributed by atoms with van der Waals surface area (Å²) in [5, 5.41) is 29.0. The first-order valence-electron chi connectivity index (χ1n) is 9.93. The van der Waals surface area contributed by atoms with Crippen LogP contribution in [-0.2, 0) is 16.0 Å². The van der Waals surface area contributed by atoms with Crippen LogP contribution in [0.4, 0.5) is 0 Å². The number of carboxylic acids is 1. The standard InChI is InChI=1S/C22H30O6S2/c1-14-10-15(4-7-20(14)28-2)11-16(23)5-6-17-18(24)12-19(25)22(17)30-9-3-8-29-13-21(26)27/h4-7,10,16-18,22-24H,3,8-9,11-13H2,1-2H3,(H,26,27)/t16?,17-,18?,22?/m0/s1. The Morgan fingerprint density at radius 2 is 2.13 bits per heavy atom. The Labute approximate surface area is 186 Å². The summed E-state index contributed by atoms with van der Waals surface area (Å²) in [6.45, 7) is 1.95. The van der Waals surface area contributed by atoms with Crippen LogP contribution in [0.25, 0.3) is 0 Å². The molecule has 1 aliphatic carbocycles. The van der Waals surface area contributed by atoms with Gasteiger partial charge in [0.25, 0.3) is 0 Å². The number of aliphatic hydroxyl groups is 2. The maximum atomic E-state index is 12.3. The molecule has 0 saturated heterocycles. The molecule has 2 rings (SSSR count). The summed E-state index contributed by atoms with van der Waals surface area (Å²) >= 11 is 2.87. The second kappa shape index (κ2) is 12.4. The third-order valence-electron chi connectivity index (χ3n) is 4.94. The van der Waals surface area contributed by atoms with Crippen molar-refractivity contribution in [2.24, 2.45) is 5.92 Å². The molecule has 0 aromatic heterocycles. The Balaban J connectivity index is 1.86. The van der Waals surface area contributed by atoms with E-state index in [9.17, 15) is 19.8 Å². The summed E-state index contributed by atoms with van der Waals surface area (Å²) in [6, 6.07) is 5.77. The van der Waals surface area contributed by atoms with E-state index in [2.05, 4.69) is 0 Å². The minimum Gasteiger partial charge on any atom is -0.496 e. The van der Waals surface area contributed by atoms with Gasteiger partial charge in [-0.2, -0.15) is 11.8 Å². The van der Waals surface area contributed by atoms with Crippen molar-refractivity contribution in [1.29, 1.82) is 0 Å². The zero-order valence-corrected chi connectivity index (χ0v) is 19.0. The molecule has 6 nitrogen and oxygen atoms in total. The first-order chi connectivity index (χ1) is 14.3. The fraction of sp³-hybridized carbons (Fsp3) is 0.545. The molecule has 3 N–H and O–H groups in total. The molecule has 166 valence electrons. The Morgan fingerprint density at radius 1 is 1.37 bits per heavy atom. The van der Waals surface area contributed by atoms with E-state index in [0.717, 1.165) is 34.8 Å². The summed E-state index contributed by atoms with van der Waals surface area (Å²) in [5.74, 6) is 1.23. The molecule has 0 amide bonds. The summed E-state index contributed by atoms with van der Waals surface area (Å²) in [7, 11) is 1.62. The Kier molecular flexibility index (Phi) is 10.2. The molecule has 1 aromatic carbocycles. The lowest BCUT2D eigenvalue weighted by Gasteiger charge is -2.18. The van der Waals surface area contributed by atoms with Crippen LogP contribution >= 0.6 is 23.5 Å². The van der Waals surface area contributed by atoms with E-state index in [4.69, 9.17) is 9.84 Å². The second-order valence-corrected chi connectivity index (χ2v) is 9.72. The van der Waals surface area contributed by atoms with E-state index in [0.29, 0.717) is 6.42 Å². The van der Waals surface area contributed by atoms with Crippen LogP contribution in [0.1, 0.15) is 24.0 Å². The number of hydrogen-bond donors (Lipinski definition) is 3. The third-order valence-corrected chi connectivity index (χ3v) is 7.43. The average molecular weight is 455 g/mol. The van der Waals surface area contributed by atoms with Gasteiger partial charge in [0.05, 0.1) is 30.3 Å². The maximum Gasteiger partial charge on any atom is 0.313 e. The van der Waals surface area contributed by atoms with Crippen LogP contribution < -0.4 is 4.74 Å². The molecular formula is C22H30O6S2. The fourth-order valence-corrected chi connectivity index (χ4v) is 5.66. The first-order valence-corrected chi connectivity index (χ1v) is 12.1. The number of carbonyl (C=O) groups excluding carboxylic acids is 1. The number of carbonyl (C=O) groups is 2. The van der Waals surface area contributed by atoms with E-state index in [1.807, 2.05) is 25.1 Å². The zero-order chi connectivity index (χ0) is 22.1. The van der Waals surface area contributed by atoms with E-state index in [-0.39, 0.29) is 29.1 Å². The van der Waals surface area contributed by atoms with Crippen molar-refractivity contribution >= 4 is 35.3 Å².